The van der Waals surface area contributed by atoms with Crippen molar-refractivity contribution in [2.24, 2.45) is 5.73 Å². The summed E-state index contributed by atoms with van der Waals surface area (Å²) < 4.78 is 22.1. The summed E-state index contributed by atoms with van der Waals surface area (Å²) >= 11 is 1.36. The molecule has 110 valence electrons. The van der Waals surface area contributed by atoms with Gasteiger partial charge in [0.25, 0.3) is 0 Å². The Kier molecular flexibility index (Phi) is 5.22. The second-order valence-electron chi connectivity index (χ2n) is 4.56. The number of nitrogens with zero attached hydrogens (tertiary/aromatic N) is 1. The van der Waals surface area contributed by atoms with Crippen LogP contribution in [0.25, 0.3) is 0 Å². The molecule has 1 heterocycles. The molecule has 1 amide bonds. The minimum atomic E-state index is -3.19. The van der Waals surface area contributed by atoms with Gasteiger partial charge in [0.15, 0.2) is 0 Å². The standard InChI is InChI=1S/C10H18N2O5S2/c1-6-12(8(5-18-6)10(14)15)9(13)7(11)3-4-19(2,16)17/h6-8H,3-5,11H2,1-2H3,(H,14,15). The molecule has 0 bridgehead atoms. The molecule has 0 aromatic heterocycles. The molecular weight excluding hydrogens is 292 g/mol. The lowest BCUT2D eigenvalue weighted by atomic mass is 10.1. The van der Waals surface area contributed by atoms with E-state index in [0.29, 0.717) is 5.75 Å². The lowest BCUT2D eigenvalue weighted by Crippen LogP contribution is -2.51. The Hall–Kier alpha value is -0.800. The molecule has 0 aromatic rings. The molecule has 7 nitrogen and oxygen atoms in total. The molecule has 0 spiro atoms. The van der Waals surface area contributed by atoms with Crippen molar-refractivity contribution in [3.05, 3.63) is 0 Å². The Morgan fingerprint density at radius 2 is 2.11 bits per heavy atom. The molecular formula is C10H18N2O5S2. The van der Waals surface area contributed by atoms with E-state index < -0.39 is 33.8 Å². The molecule has 1 fully saturated rings. The van der Waals surface area contributed by atoms with Crippen molar-refractivity contribution in [3.63, 3.8) is 0 Å². The van der Waals surface area contributed by atoms with Gasteiger partial charge in [0.05, 0.1) is 17.2 Å². The van der Waals surface area contributed by atoms with Crippen LogP contribution in [0.3, 0.4) is 0 Å². The zero-order chi connectivity index (χ0) is 14.8. The van der Waals surface area contributed by atoms with Gasteiger partial charge in [-0.15, -0.1) is 11.8 Å². The fourth-order valence-electron chi connectivity index (χ4n) is 1.82. The van der Waals surface area contributed by atoms with Crippen LogP contribution in [0, 0.1) is 0 Å². The minimum Gasteiger partial charge on any atom is -0.480 e. The summed E-state index contributed by atoms with van der Waals surface area (Å²) in [6.07, 6.45) is 1.07. The smallest absolute Gasteiger partial charge is 0.327 e. The number of aliphatic carboxylic acids is 1. The van der Waals surface area contributed by atoms with Gasteiger partial charge in [-0.3, -0.25) is 4.79 Å². The van der Waals surface area contributed by atoms with Crippen molar-refractivity contribution in [1.82, 2.24) is 4.90 Å². The van der Waals surface area contributed by atoms with Gasteiger partial charge in [-0.1, -0.05) is 0 Å². The molecule has 0 aromatic carbocycles. The van der Waals surface area contributed by atoms with E-state index in [1.165, 1.54) is 16.7 Å². The average Bonchev–Trinajstić information content (AvgIpc) is 2.66. The molecule has 1 aliphatic heterocycles. The number of thioether (sulfide) groups is 1. The van der Waals surface area contributed by atoms with Crippen molar-refractivity contribution < 1.29 is 23.1 Å². The van der Waals surface area contributed by atoms with Crippen molar-refractivity contribution in [1.29, 1.82) is 0 Å². The van der Waals surface area contributed by atoms with Gasteiger partial charge in [0.1, 0.15) is 15.9 Å². The molecule has 1 aliphatic rings. The number of rotatable bonds is 5. The third kappa shape index (κ3) is 4.36. The topological polar surface area (TPSA) is 118 Å². The Labute approximate surface area is 116 Å². The highest BCUT2D eigenvalue weighted by Gasteiger charge is 2.41. The Morgan fingerprint density at radius 1 is 1.53 bits per heavy atom. The molecule has 0 saturated carbocycles. The SMILES string of the molecule is CC1SCC(C(=O)O)N1C(=O)C(N)CCS(C)(=O)=O. The van der Waals surface area contributed by atoms with Gasteiger partial charge >= 0.3 is 5.97 Å². The number of carbonyl (C=O) groups excluding carboxylic acids is 1. The zero-order valence-electron chi connectivity index (χ0n) is 10.8. The second-order valence-corrected chi connectivity index (χ2v) is 8.17. The maximum Gasteiger partial charge on any atom is 0.327 e. The molecule has 19 heavy (non-hydrogen) atoms. The van der Waals surface area contributed by atoms with E-state index in [-0.39, 0.29) is 17.5 Å². The normalized spacial score (nSPS) is 25.3. The van der Waals surface area contributed by atoms with E-state index in [4.69, 9.17) is 10.8 Å². The first-order valence-corrected chi connectivity index (χ1v) is 8.84. The number of amides is 1. The van der Waals surface area contributed by atoms with Crippen LogP contribution >= 0.6 is 11.8 Å². The van der Waals surface area contributed by atoms with Crippen molar-refractivity contribution in [3.8, 4) is 0 Å². The number of carbonyl (C=O) groups is 2. The summed E-state index contributed by atoms with van der Waals surface area (Å²) in [6, 6.07) is -1.88. The summed E-state index contributed by atoms with van der Waals surface area (Å²) in [7, 11) is -3.19. The molecule has 1 saturated heterocycles. The minimum absolute atomic E-state index is 0.00209. The van der Waals surface area contributed by atoms with E-state index in [0.717, 1.165) is 6.26 Å². The van der Waals surface area contributed by atoms with Gasteiger partial charge in [0, 0.05) is 12.0 Å². The van der Waals surface area contributed by atoms with Crippen molar-refractivity contribution in [2.45, 2.75) is 30.8 Å². The average molecular weight is 310 g/mol. The Morgan fingerprint density at radius 3 is 2.58 bits per heavy atom. The van der Waals surface area contributed by atoms with Crippen LogP contribution in [-0.4, -0.2) is 65.5 Å². The monoisotopic (exact) mass is 310 g/mol. The highest BCUT2D eigenvalue weighted by molar-refractivity contribution is 8.00. The van der Waals surface area contributed by atoms with Gasteiger partial charge in [-0.05, 0) is 13.3 Å². The molecule has 3 unspecified atom stereocenters. The first-order valence-electron chi connectivity index (χ1n) is 5.73. The number of nitrogens with two attached hydrogens (primary N) is 1. The predicted molar refractivity (Wildman–Crippen MR) is 72.5 cm³/mol. The predicted octanol–water partition coefficient (Wildman–Crippen LogP) is -0.877. The zero-order valence-corrected chi connectivity index (χ0v) is 12.4. The third-order valence-corrected chi connectivity index (χ3v) is 5.07. The molecule has 3 atom stereocenters. The summed E-state index contributed by atoms with van der Waals surface area (Å²) in [6.45, 7) is 1.73. The fourth-order valence-corrected chi connectivity index (χ4v) is 3.68. The van der Waals surface area contributed by atoms with Crippen LogP contribution in [-0.2, 0) is 19.4 Å². The van der Waals surface area contributed by atoms with E-state index in [1.54, 1.807) is 6.92 Å². The molecule has 0 radical (unpaired) electrons. The maximum absolute atomic E-state index is 12.1. The molecule has 0 aliphatic carbocycles. The molecule has 3 N–H and O–H groups in total. The lowest BCUT2D eigenvalue weighted by Gasteiger charge is -2.27. The first kappa shape index (κ1) is 16.3. The fraction of sp³-hybridized carbons (Fsp3) is 0.800. The van der Waals surface area contributed by atoms with Gasteiger partial charge in [0.2, 0.25) is 5.91 Å². The Balaban J connectivity index is 2.72. The maximum atomic E-state index is 12.1. The number of carboxylic acid groups (broad SMARTS) is 1. The van der Waals surface area contributed by atoms with E-state index >= 15 is 0 Å². The summed E-state index contributed by atoms with van der Waals surface area (Å²) in [5, 5.41) is 8.78. The van der Waals surface area contributed by atoms with Crippen LogP contribution < -0.4 is 5.73 Å². The van der Waals surface area contributed by atoms with Crippen LogP contribution in [0.15, 0.2) is 0 Å². The van der Waals surface area contributed by atoms with Gasteiger partial charge < -0.3 is 15.7 Å². The molecule has 9 heteroatoms. The van der Waals surface area contributed by atoms with Gasteiger partial charge in [-0.25, -0.2) is 13.2 Å². The highest BCUT2D eigenvalue weighted by atomic mass is 32.2. The number of hydrogen-bond donors (Lipinski definition) is 2. The largest absolute Gasteiger partial charge is 0.480 e. The lowest BCUT2D eigenvalue weighted by molar-refractivity contribution is -0.149. The highest BCUT2D eigenvalue weighted by Crippen LogP contribution is 2.29. The summed E-state index contributed by atoms with van der Waals surface area (Å²) in [5.41, 5.74) is 5.67. The van der Waals surface area contributed by atoms with E-state index in [2.05, 4.69) is 0 Å². The molecule has 1 rings (SSSR count). The van der Waals surface area contributed by atoms with Crippen LogP contribution in [0.4, 0.5) is 0 Å². The van der Waals surface area contributed by atoms with Crippen molar-refractivity contribution >= 4 is 33.5 Å². The van der Waals surface area contributed by atoms with Crippen LogP contribution in [0.5, 0.6) is 0 Å². The summed E-state index contributed by atoms with van der Waals surface area (Å²) in [4.78, 5) is 24.4. The van der Waals surface area contributed by atoms with Crippen LogP contribution in [0.1, 0.15) is 13.3 Å². The van der Waals surface area contributed by atoms with Crippen LogP contribution in [0.2, 0.25) is 0 Å². The number of carboxylic acids is 1. The summed E-state index contributed by atoms with van der Waals surface area (Å²) in [5.74, 6) is -1.44. The van der Waals surface area contributed by atoms with E-state index in [1.807, 2.05) is 0 Å². The third-order valence-electron chi connectivity index (χ3n) is 2.88. The van der Waals surface area contributed by atoms with Crippen molar-refractivity contribution in [2.75, 3.05) is 17.8 Å². The number of sulfone groups is 1. The first-order chi connectivity index (χ1) is 8.63. The second kappa shape index (κ2) is 6.10. The quantitative estimate of drug-likeness (QED) is 0.677. The van der Waals surface area contributed by atoms with Gasteiger partial charge in [-0.2, -0.15) is 0 Å². The Bertz CT molecular complexity index is 465. The number of hydrogen-bond acceptors (Lipinski definition) is 6. The van der Waals surface area contributed by atoms with E-state index in [9.17, 15) is 18.0 Å².